The van der Waals surface area contributed by atoms with Crippen LogP contribution in [0.5, 0.6) is 0 Å². The minimum Gasteiger partial charge on any atom is -0.461 e. The largest absolute Gasteiger partial charge is 0.461 e. The Morgan fingerprint density at radius 3 is 2.50 bits per heavy atom. The molecule has 1 rings (SSSR count). The van der Waals surface area contributed by atoms with Crippen molar-refractivity contribution in [2.75, 3.05) is 13.2 Å². The van der Waals surface area contributed by atoms with Gasteiger partial charge in [0, 0.05) is 12.2 Å². The molecule has 1 amide bonds. The van der Waals surface area contributed by atoms with E-state index < -0.39 is 5.97 Å². The number of nitrogens with one attached hydrogen (secondary N) is 2. The van der Waals surface area contributed by atoms with E-state index in [4.69, 9.17) is 4.74 Å². The molecule has 5 nitrogen and oxygen atoms in total. The second-order valence-electron chi connectivity index (χ2n) is 5.28. The van der Waals surface area contributed by atoms with Gasteiger partial charge in [0.2, 0.25) is 0 Å². The molecule has 1 aromatic heterocycles. The average Bonchev–Trinajstić information content (AvgIpc) is 2.64. The van der Waals surface area contributed by atoms with Crippen molar-refractivity contribution in [3.63, 3.8) is 0 Å². The molecule has 0 aromatic carbocycles. The Morgan fingerprint density at radius 2 is 1.95 bits per heavy atom. The lowest BCUT2D eigenvalue weighted by Crippen LogP contribution is -2.26. The molecule has 5 heteroatoms. The number of esters is 1. The molecule has 0 aliphatic carbocycles. The third-order valence-corrected chi connectivity index (χ3v) is 3.15. The number of aromatic amines is 1. The van der Waals surface area contributed by atoms with Crippen LogP contribution in [0.1, 0.15) is 59.3 Å². The summed E-state index contributed by atoms with van der Waals surface area (Å²) < 4.78 is 4.97. The Morgan fingerprint density at radius 1 is 1.30 bits per heavy atom. The smallest absolute Gasteiger partial charge is 0.355 e. The molecule has 2 N–H and O–H groups in total. The molecule has 0 radical (unpaired) electrons. The number of amides is 1. The number of H-pyrrole nitrogens is 1. The molecule has 0 aliphatic rings. The van der Waals surface area contributed by atoms with Crippen molar-refractivity contribution >= 4 is 11.9 Å². The molecule has 0 unspecified atom stereocenters. The van der Waals surface area contributed by atoms with E-state index in [9.17, 15) is 9.59 Å². The van der Waals surface area contributed by atoms with Crippen molar-refractivity contribution in [1.29, 1.82) is 0 Å². The van der Waals surface area contributed by atoms with E-state index in [2.05, 4.69) is 24.1 Å². The number of rotatable bonds is 6. The van der Waals surface area contributed by atoms with E-state index >= 15 is 0 Å². The predicted octanol–water partition coefficient (Wildman–Crippen LogP) is 2.58. The molecule has 112 valence electrons. The highest BCUT2D eigenvalue weighted by atomic mass is 16.5. The molecule has 1 aromatic rings. The van der Waals surface area contributed by atoms with Crippen LogP contribution < -0.4 is 5.32 Å². The first kappa shape index (κ1) is 16.3. The number of aryl methyl sites for hydroxylation is 1. The summed E-state index contributed by atoms with van der Waals surface area (Å²) >= 11 is 0. The molecule has 0 bridgehead atoms. The van der Waals surface area contributed by atoms with Crippen molar-refractivity contribution < 1.29 is 14.3 Å². The molecule has 0 saturated heterocycles. The topological polar surface area (TPSA) is 71.2 Å². The summed E-state index contributed by atoms with van der Waals surface area (Å²) in [6, 6.07) is 0. The monoisotopic (exact) mass is 280 g/mol. The summed E-state index contributed by atoms with van der Waals surface area (Å²) in [4.78, 5) is 26.9. The zero-order valence-electron chi connectivity index (χ0n) is 12.9. The predicted molar refractivity (Wildman–Crippen MR) is 78.0 cm³/mol. The summed E-state index contributed by atoms with van der Waals surface area (Å²) in [5.41, 5.74) is 2.23. The number of carbonyl (C=O) groups excluding carboxylic acids is 2. The molecule has 0 atom stereocenters. The van der Waals surface area contributed by atoms with Crippen LogP contribution in [0.2, 0.25) is 0 Å². The first-order chi connectivity index (χ1) is 9.38. The van der Waals surface area contributed by atoms with Gasteiger partial charge >= 0.3 is 5.97 Å². The van der Waals surface area contributed by atoms with Crippen LogP contribution >= 0.6 is 0 Å². The quantitative estimate of drug-likeness (QED) is 0.787. The number of ether oxygens (including phenoxy) is 1. The minimum absolute atomic E-state index is 0.146. The lowest BCUT2D eigenvalue weighted by atomic mass is 10.1. The van der Waals surface area contributed by atoms with Crippen LogP contribution in [-0.2, 0) is 4.74 Å². The molecule has 1 heterocycles. The number of aromatic nitrogens is 1. The van der Waals surface area contributed by atoms with Gasteiger partial charge < -0.3 is 15.0 Å². The van der Waals surface area contributed by atoms with Gasteiger partial charge in [-0.15, -0.1) is 0 Å². The van der Waals surface area contributed by atoms with Crippen LogP contribution in [0, 0.1) is 19.8 Å². The fraction of sp³-hybridized carbons (Fsp3) is 0.600. The molecular formula is C15H24N2O3. The average molecular weight is 280 g/mol. The van der Waals surface area contributed by atoms with Crippen molar-refractivity contribution in [3.05, 3.63) is 22.5 Å². The van der Waals surface area contributed by atoms with Crippen molar-refractivity contribution in [3.8, 4) is 0 Å². The number of hydrogen-bond donors (Lipinski definition) is 2. The van der Waals surface area contributed by atoms with Crippen molar-refractivity contribution in [2.24, 2.45) is 5.92 Å². The third-order valence-electron chi connectivity index (χ3n) is 3.15. The van der Waals surface area contributed by atoms with Crippen LogP contribution in [0.4, 0.5) is 0 Å². The summed E-state index contributed by atoms with van der Waals surface area (Å²) in [5.74, 6) is -0.0272. The fourth-order valence-electron chi connectivity index (χ4n) is 2.06. The molecule has 0 spiro atoms. The third kappa shape index (κ3) is 3.85. The summed E-state index contributed by atoms with van der Waals surface area (Å²) in [6.45, 7) is 10.5. The van der Waals surface area contributed by atoms with Crippen LogP contribution in [0.25, 0.3) is 0 Å². The Hall–Kier alpha value is -1.78. The molecule has 0 fully saturated rings. The lowest BCUT2D eigenvalue weighted by molar-refractivity contribution is 0.0519. The van der Waals surface area contributed by atoms with E-state index in [1.165, 1.54) is 0 Å². The maximum Gasteiger partial charge on any atom is 0.355 e. The van der Waals surface area contributed by atoms with E-state index in [0.717, 1.165) is 6.42 Å². The van der Waals surface area contributed by atoms with Gasteiger partial charge in [-0.3, -0.25) is 4.79 Å². The summed E-state index contributed by atoms with van der Waals surface area (Å²) in [7, 11) is 0. The zero-order chi connectivity index (χ0) is 15.3. The van der Waals surface area contributed by atoms with Crippen molar-refractivity contribution in [2.45, 2.75) is 41.0 Å². The molecule has 20 heavy (non-hydrogen) atoms. The standard InChI is InChI=1S/C15H24N2O3/c1-6-20-15(19)13-10(4)12(11(5)17-13)14(18)16-8-7-9(2)3/h9,17H,6-8H2,1-5H3,(H,16,18). The fourth-order valence-corrected chi connectivity index (χ4v) is 2.06. The van der Waals surface area contributed by atoms with E-state index in [1.807, 2.05) is 0 Å². The summed E-state index contributed by atoms with van der Waals surface area (Å²) in [5, 5.41) is 2.89. The molecule has 0 saturated carbocycles. The second-order valence-corrected chi connectivity index (χ2v) is 5.28. The van der Waals surface area contributed by atoms with E-state index in [-0.39, 0.29) is 5.91 Å². The van der Waals surface area contributed by atoms with E-state index in [0.29, 0.717) is 41.6 Å². The van der Waals surface area contributed by atoms with Gasteiger partial charge in [-0.1, -0.05) is 13.8 Å². The minimum atomic E-state index is -0.422. The van der Waals surface area contributed by atoms with Crippen LogP contribution in [0.15, 0.2) is 0 Å². The SMILES string of the molecule is CCOC(=O)c1[nH]c(C)c(C(=O)NCCC(C)C)c1C. The van der Waals surface area contributed by atoms with Crippen LogP contribution in [0.3, 0.4) is 0 Å². The van der Waals surface area contributed by atoms with Gasteiger partial charge in [0.15, 0.2) is 0 Å². The van der Waals surface area contributed by atoms with Gasteiger partial charge in [0.25, 0.3) is 5.91 Å². The highest BCUT2D eigenvalue weighted by Crippen LogP contribution is 2.18. The van der Waals surface area contributed by atoms with Crippen LogP contribution in [-0.4, -0.2) is 30.0 Å². The first-order valence-electron chi connectivity index (χ1n) is 7.02. The van der Waals surface area contributed by atoms with Crippen molar-refractivity contribution in [1.82, 2.24) is 10.3 Å². The van der Waals surface area contributed by atoms with Gasteiger partial charge in [0.05, 0.1) is 12.2 Å². The normalized spacial score (nSPS) is 10.7. The van der Waals surface area contributed by atoms with E-state index in [1.54, 1.807) is 20.8 Å². The Bertz CT molecular complexity index is 490. The number of hydrogen-bond acceptors (Lipinski definition) is 3. The molecule has 0 aliphatic heterocycles. The Balaban J connectivity index is 2.85. The summed E-state index contributed by atoms with van der Waals surface area (Å²) in [6.07, 6.45) is 0.930. The second kappa shape index (κ2) is 7.12. The Kier molecular flexibility index (Phi) is 5.80. The van der Waals surface area contributed by atoms with Gasteiger partial charge in [-0.25, -0.2) is 4.79 Å². The lowest BCUT2D eigenvalue weighted by Gasteiger charge is -2.07. The maximum atomic E-state index is 12.2. The maximum absolute atomic E-state index is 12.2. The van der Waals surface area contributed by atoms with Gasteiger partial charge in [0.1, 0.15) is 5.69 Å². The number of carbonyl (C=O) groups is 2. The molecular weight excluding hydrogens is 256 g/mol. The van der Waals surface area contributed by atoms with Gasteiger partial charge in [-0.2, -0.15) is 0 Å². The highest BCUT2D eigenvalue weighted by molar-refractivity contribution is 6.01. The first-order valence-corrected chi connectivity index (χ1v) is 7.02. The Labute approximate surface area is 120 Å². The zero-order valence-corrected chi connectivity index (χ0v) is 12.9. The van der Waals surface area contributed by atoms with Gasteiger partial charge in [-0.05, 0) is 38.7 Å². The highest BCUT2D eigenvalue weighted by Gasteiger charge is 2.22.